The highest BCUT2D eigenvalue weighted by Gasteiger charge is 1.80. The van der Waals surface area contributed by atoms with Crippen molar-refractivity contribution in [1.29, 1.82) is 0 Å². The van der Waals surface area contributed by atoms with Crippen molar-refractivity contribution >= 4 is 15.3 Å². The largest absolute Gasteiger partial charge is 0.321 e. The molecule has 0 fully saturated rings. The topological polar surface area (TPSA) is 29.1 Å². The van der Waals surface area contributed by atoms with Crippen molar-refractivity contribution in [3.8, 4) is 0 Å². The van der Waals surface area contributed by atoms with Crippen LogP contribution in [0.2, 0.25) is 0 Å². The van der Waals surface area contributed by atoms with Crippen LogP contribution in [0.3, 0.4) is 0 Å². The van der Waals surface area contributed by atoms with Gasteiger partial charge < -0.3 is 5.09 Å². The third-order valence-electron chi connectivity index (χ3n) is 0.296. The summed E-state index contributed by atoms with van der Waals surface area (Å²) >= 11 is 0. The van der Waals surface area contributed by atoms with Gasteiger partial charge in [0.05, 0.1) is 9.39 Å². The first-order valence-corrected chi connectivity index (χ1v) is 1.82. The van der Waals surface area contributed by atoms with Gasteiger partial charge in [-0.1, -0.05) is 6.58 Å². The molecule has 0 aromatic heterocycles. The van der Waals surface area contributed by atoms with Crippen molar-refractivity contribution in [2.75, 3.05) is 0 Å². The Hall–Kier alpha value is -0.360. The number of carbonyl (C=O) groups excluding carboxylic acids is 1. The monoisotopic (exact) mass is 101 g/mol. The summed E-state index contributed by atoms with van der Waals surface area (Å²) in [4.78, 5) is 9.88. The molecule has 0 heterocycles. The Morgan fingerprint density at radius 3 is 2.50 bits per heavy atom. The predicted molar refractivity (Wildman–Crippen MR) is 25.3 cm³/mol. The number of hydrogen-bond donors (Lipinski definition) is 1. The van der Waals surface area contributed by atoms with Crippen LogP contribution >= 0.6 is 9.39 Å². The Morgan fingerprint density at radius 2 is 2.50 bits per heavy atom. The van der Waals surface area contributed by atoms with Crippen molar-refractivity contribution in [2.45, 2.75) is 0 Å². The highest BCUT2D eigenvalue weighted by molar-refractivity contribution is 7.15. The van der Waals surface area contributed by atoms with Gasteiger partial charge in [0.1, 0.15) is 0 Å². The van der Waals surface area contributed by atoms with Crippen LogP contribution in [0.4, 0.5) is 0 Å². The fraction of sp³-hybridized carbons (Fsp3) is 0. The lowest BCUT2D eigenvalue weighted by molar-refractivity contribution is -0.114. The lowest BCUT2D eigenvalue weighted by Gasteiger charge is -1.80. The summed E-state index contributed by atoms with van der Waals surface area (Å²) in [5.74, 6) is -0.279. The van der Waals surface area contributed by atoms with Gasteiger partial charge in [0.15, 0.2) is 0 Å². The van der Waals surface area contributed by atoms with Crippen LogP contribution in [0, 0.1) is 0 Å². The first-order chi connectivity index (χ1) is 2.81. The van der Waals surface area contributed by atoms with E-state index in [-0.39, 0.29) is 5.91 Å². The molecule has 0 aliphatic carbocycles. The summed E-state index contributed by atoms with van der Waals surface area (Å²) in [5, 5.41) is 2.05. The molecule has 0 unspecified atom stereocenters. The van der Waals surface area contributed by atoms with Crippen molar-refractivity contribution in [3.63, 3.8) is 0 Å². The maximum absolute atomic E-state index is 9.88. The molecule has 32 valence electrons. The van der Waals surface area contributed by atoms with Gasteiger partial charge in [-0.2, -0.15) is 0 Å². The minimum atomic E-state index is -0.279. The van der Waals surface area contributed by atoms with E-state index in [1.54, 1.807) is 0 Å². The van der Waals surface area contributed by atoms with Crippen LogP contribution in [0.25, 0.3) is 0 Å². The van der Waals surface area contributed by atoms with Gasteiger partial charge in [-0.15, -0.1) is 0 Å². The number of nitrogens with one attached hydrogen (secondary N) is 1. The smallest absolute Gasteiger partial charge is 0.247 e. The fourth-order valence-electron chi connectivity index (χ4n) is 0.0456. The van der Waals surface area contributed by atoms with Gasteiger partial charge in [-0.05, 0) is 6.08 Å². The Morgan fingerprint density at radius 1 is 2.00 bits per heavy atom. The lowest BCUT2D eigenvalue weighted by Crippen LogP contribution is -2.05. The molecular formula is C3H4NOP. The maximum atomic E-state index is 9.88. The summed E-state index contributed by atoms with van der Waals surface area (Å²) in [6.07, 6.45) is 1.15. The second kappa shape index (κ2) is 2.86. The Bertz CT molecular complexity index is 71.2. The van der Waals surface area contributed by atoms with Crippen LogP contribution in [-0.2, 0) is 4.79 Å². The minimum Gasteiger partial charge on any atom is -0.321 e. The number of amides is 1. The van der Waals surface area contributed by atoms with Gasteiger partial charge >= 0.3 is 0 Å². The molecule has 0 aromatic carbocycles. The Labute approximate surface area is 38.9 Å². The number of rotatable bonds is 1. The maximum Gasteiger partial charge on any atom is 0.247 e. The molecule has 2 radical (unpaired) electrons. The van der Waals surface area contributed by atoms with E-state index >= 15 is 0 Å². The zero-order valence-electron chi connectivity index (χ0n) is 3.14. The van der Waals surface area contributed by atoms with Crippen LogP contribution in [0.5, 0.6) is 0 Å². The average Bonchev–Trinajstić information content (AvgIpc) is 1.65. The van der Waals surface area contributed by atoms with E-state index in [4.69, 9.17) is 0 Å². The standard InChI is InChI=1S/C3H4NOP/c1-2-3(5)4-6/h2H,1H2,(H,4,5). The molecule has 2 nitrogen and oxygen atoms in total. The van der Waals surface area contributed by atoms with E-state index < -0.39 is 0 Å². The summed E-state index contributed by atoms with van der Waals surface area (Å²) in [5.41, 5.74) is 0. The van der Waals surface area contributed by atoms with Crippen molar-refractivity contribution in [1.82, 2.24) is 5.09 Å². The molecule has 0 aliphatic heterocycles. The van der Waals surface area contributed by atoms with Crippen LogP contribution in [0.1, 0.15) is 0 Å². The zero-order valence-corrected chi connectivity index (χ0v) is 4.03. The Kier molecular flexibility index (Phi) is 2.68. The molecule has 0 aromatic rings. The van der Waals surface area contributed by atoms with Crippen LogP contribution in [0.15, 0.2) is 12.7 Å². The molecule has 0 rings (SSSR count). The molecule has 6 heavy (non-hydrogen) atoms. The van der Waals surface area contributed by atoms with Crippen molar-refractivity contribution < 1.29 is 4.79 Å². The summed E-state index contributed by atoms with van der Waals surface area (Å²) < 4.78 is 0. The van der Waals surface area contributed by atoms with Crippen molar-refractivity contribution in [3.05, 3.63) is 12.7 Å². The third-order valence-corrected chi connectivity index (χ3v) is 0.516. The molecule has 0 saturated carbocycles. The van der Waals surface area contributed by atoms with E-state index in [2.05, 4.69) is 21.1 Å². The highest BCUT2D eigenvalue weighted by Crippen LogP contribution is 1.68. The zero-order chi connectivity index (χ0) is 4.99. The SMILES string of the molecule is C=CC(=O)N[P]. The van der Waals surface area contributed by atoms with E-state index in [0.717, 1.165) is 6.08 Å². The van der Waals surface area contributed by atoms with Gasteiger partial charge in [-0.25, -0.2) is 0 Å². The Balaban J connectivity index is 3.23. The van der Waals surface area contributed by atoms with Gasteiger partial charge in [0.25, 0.3) is 0 Å². The molecule has 0 bridgehead atoms. The predicted octanol–water partition coefficient (Wildman–Crippen LogP) is 0.614. The minimum absolute atomic E-state index is 0.279. The van der Waals surface area contributed by atoms with E-state index in [0.29, 0.717) is 0 Å². The normalized spacial score (nSPS) is 6.83. The quantitative estimate of drug-likeness (QED) is 0.380. The second-order valence-electron chi connectivity index (χ2n) is 0.680. The van der Waals surface area contributed by atoms with E-state index in [1.165, 1.54) is 0 Å². The molecule has 1 amide bonds. The fourth-order valence-corrected chi connectivity index (χ4v) is 0.137. The van der Waals surface area contributed by atoms with Gasteiger partial charge in [0.2, 0.25) is 5.91 Å². The molecular weight excluding hydrogens is 97.0 g/mol. The molecule has 0 spiro atoms. The first kappa shape index (κ1) is 5.64. The van der Waals surface area contributed by atoms with Crippen LogP contribution in [-0.4, -0.2) is 5.91 Å². The highest BCUT2D eigenvalue weighted by atomic mass is 31.0. The van der Waals surface area contributed by atoms with E-state index in [9.17, 15) is 4.79 Å². The number of hydrogen-bond acceptors (Lipinski definition) is 1. The summed E-state index contributed by atoms with van der Waals surface area (Å²) in [6, 6.07) is 0. The molecule has 0 atom stereocenters. The summed E-state index contributed by atoms with van der Waals surface area (Å²) in [7, 11) is 3.42. The number of carbonyl (C=O) groups is 1. The molecule has 0 saturated heterocycles. The average molecular weight is 101 g/mol. The first-order valence-electron chi connectivity index (χ1n) is 1.37. The van der Waals surface area contributed by atoms with E-state index in [1.807, 2.05) is 0 Å². The summed E-state index contributed by atoms with van der Waals surface area (Å²) in [6.45, 7) is 3.17. The second-order valence-corrected chi connectivity index (χ2v) is 0.904. The van der Waals surface area contributed by atoms with Gasteiger partial charge in [-0.3, -0.25) is 4.79 Å². The third kappa shape index (κ3) is 1.91. The van der Waals surface area contributed by atoms with Gasteiger partial charge in [0, 0.05) is 0 Å². The molecule has 1 N–H and O–H groups in total. The lowest BCUT2D eigenvalue weighted by atomic mass is 10.6. The molecule has 0 aliphatic rings. The molecule has 3 heteroatoms. The van der Waals surface area contributed by atoms with Crippen molar-refractivity contribution in [2.24, 2.45) is 0 Å². The van der Waals surface area contributed by atoms with Crippen LogP contribution < -0.4 is 5.09 Å².